The summed E-state index contributed by atoms with van der Waals surface area (Å²) in [6.07, 6.45) is 2.98. The standard InChI is InChI=1S/C19H22N2O6/c1-23-14-9-6-12(17(25-3)18(14)26-4)7-10-15(22)20-13-8-11-16(24-2)21-19(13)27-5/h6-11H,1-5H3,(H,20,22). The van der Waals surface area contributed by atoms with E-state index >= 15 is 0 Å². The number of rotatable bonds is 8. The quantitative estimate of drug-likeness (QED) is 0.711. The molecule has 0 radical (unpaired) electrons. The minimum atomic E-state index is -0.364. The van der Waals surface area contributed by atoms with Crippen molar-refractivity contribution in [2.45, 2.75) is 0 Å². The topological polar surface area (TPSA) is 88.1 Å². The van der Waals surface area contributed by atoms with Crippen LogP contribution in [-0.4, -0.2) is 46.4 Å². The highest BCUT2D eigenvalue weighted by atomic mass is 16.5. The van der Waals surface area contributed by atoms with Gasteiger partial charge in [-0.15, -0.1) is 0 Å². The van der Waals surface area contributed by atoms with Crippen molar-refractivity contribution in [3.8, 4) is 29.0 Å². The number of aromatic nitrogens is 1. The van der Waals surface area contributed by atoms with E-state index in [1.165, 1.54) is 41.6 Å². The maximum absolute atomic E-state index is 12.3. The van der Waals surface area contributed by atoms with Crippen LogP contribution in [0, 0.1) is 0 Å². The monoisotopic (exact) mass is 374 g/mol. The molecular formula is C19H22N2O6. The van der Waals surface area contributed by atoms with Crippen LogP contribution < -0.4 is 29.0 Å². The van der Waals surface area contributed by atoms with E-state index in [1.54, 1.807) is 30.3 Å². The fraction of sp³-hybridized carbons (Fsp3) is 0.263. The first-order chi connectivity index (χ1) is 13.1. The Morgan fingerprint density at radius 2 is 1.63 bits per heavy atom. The van der Waals surface area contributed by atoms with Crippen LogP contribution in [0.25, 0.3) is 6.08 Å². The van der Waals surface area contributed by atoms with E-state index in [-0.39, 0.29) is 11.8 Å². The Morgan fingerprint density at radius 1 is 0.889 bits per heavy atom. The van der Waals surface area contributed by atoms with Crippen molar-refractivity contribution < 1.29 is 28.5 Å². The van der Waals surface area contributed by atoms with Crippen molar-refractivity contribution in [3.63, 3.8) is 0 Å². The number of nitrogens with zero attached hydrogens (tertiary/aromatic N) is 1. The number of anilines is 1. The van der Waals surface area contributed by atoms with E-state index in [0.717, 1.165) is 0 Å². The average Bonchev–Trinajstić information content (AvgIpc) is 2.71. The van der Waals surface area contributed by atoms with Gasteiger partial charge < -0.3 is 29.0 Å². The van der Waals surface area contributed by atoms with Crippen molar-refractivity contribution >= 4 is 17.7 Å². The molecule has 8 heteroatoms. The summed E-state index contributed by atoms with van der Waals surface area (Å²) in [7, 11) is 7.53. The molecule has 0 saturated carbocycles. The maximum Gasteiger partial charge on any atom is 0.248 e. The molecule has 1 aromatic heterocycles. The SMILES string of the molecule is COc1ccc(NC(=O)C=Cc2ccc(OC)c(OC)c2OC)c(OC)n1. The van der Waals surface area contributed by atoms with Crippen LogP contribution in [0.3, 0.4) is 0 Å². The molecule has 8 nitrogen and oxygen atoms in total. The van der Waals surface area contributed by atoms with Gasteiger partial charge in [0.1, 0.15) is 5.69 Å². The lowest BCUT2D eigenvalue weighted by molar-refractivity contribution is -0.111. The predicted octanol–water partition coefficient (Wildman–Crippen LogP) is 2.78. The Labute approximate surface area is 157 Å². The highest BCUT2D eigenvalue weighted by molar-refractivity contribution is 6.02. The van der Waals surface area contributed by atoms with Crippen LogP contribution in [0.1, 0.15) is 5.56 Å². The Bertz CT molecular complexity index is 835. The Morgan fingerprint density at radius 3 is 2.22 bits per heavy atom. The summed E-state index contributed by atoms with van der Waals surface area (Å²) in [4.78, 5) is 16.4. The highest BCUT2D eigenvalue weighted by Gasteiger charge is 2.14. The second kappa shape index (κ2) is 9.33. The molecule has 144 valence electrons. The highest BCUT2D eigenvalue weighted by Crippen LogP contribution is 2.40. The fourth-order valence-electron chi connectivity index (χ4n) is 2.38. The minimum Gasteiger partial charge on any atom is -0.493 e. The zero-order valence-corrected chi connectivity index (χ0v) is 15.9. The number of hydrogen-bond donors (Lipinski definition) is 1. The third kappa shape index (κ3) is 4.60. The predicted molar refractivity (Wildman–Crippen MR) is 101 cm³/mol. The first-order valence-electron chi connectivity index (χ1n) is 7.95. The molecule has 0 fully saturated rings. The Hall–Kier alpha value is -3.42. The van der Waals surface area contributed by atoms with Gasteiger partial charge in [0.05, 0.1) is 35.5 Å². The molecule has 0 unspecified atom stereocenters. The lowest BCUT2D eigenvalue weighted by Crippen LogP contribution is -2.09. The molecule has 1 amide bonds. The number of pyridine rings is 1. The maximum atomic E-state index is 12.3. The lowest BCUT2D eigenvalue weighted by Gasteiger charge is -2.14. The van der Waals surface area contributed by atoms with Crippen molar-refractivity contribution in [2.75, 3.05) is 40.9 Å². The molecule has 2 rings (SSSR count). The number of carbonyl (C=O) groups excluding carboxylic acids is 1. The first kappa shape index (κ1) is 19.9. The fourth-order valence-corrected chi connectivity index (χ4v) is 2.38. The molecule has 0 spiro atoms. The molecule has 0 aliphatic carbocycles. The van der Waals surface area contributed by atoms with Crippen molar-refractivity contribution in [2.24, 2.45) is 0 Å². The largest absolute Gasteiger partial charge is 0.493 e. The number of ether oxygens (including phenoxy) is 5. The average molecular weight is 374 g/mol. The molecule has 1 heterocycles. The minimum absolute atomic E-state index is 0.250. The Kier molecular flexibility index (Phi) is 6.87. The van der Waals surface area contributed by atoms with Crippen LogP contribution >= 0.6 is 0 Å². The van der Waals surface area contributed by atoms with E-state index < -0.39 is 0 Å². The van der Waals surface area contributed by atoms with Crippen molar-refractivity contribution in [1.29, 1.82) is 0 Å². The molecule has 0 saturated heterocycles. The number of nitrogens with one attached hydrogen (secondary N) is 1. The van der Waals surface area contributed by atoms with Gasteiger partial charge in [0.15, 0.2) is 11.5 Å². The number of benzene rings is 1. The van der Waals surface area contributed by atoms with Crippen molar-refractivity contribution in [3.05, 3.63) is 35.9 Å². The van der Waals surface area contributed by atoms with Gasteiger partial charge in [0.25, 0.3) is 0 Å². The zero-order chi connectivity index (χ0) is 19.8. The lowest BCUT2D eigenvalue weighted by atomic mass is 10.1. The zero-order valence-electron chi connectivity index (χ0n) is 15.9. The molecule has 0 aliphatic heterocycles. The number of carbonyl (C=O) groups is 1. The molecular weight excluding hydrogens is 352 g/mol. The van der Waals surface area contributed by atoms with Gasteiger partial charge in [0, 0.05) is 17.7 Å². The van der Waals surface area contributed by atoms with E-state index in [0.29, 0.717) is 34.4 Å². The summed E-state index contributed by atoms with van der Waals surface area (Å²) >= 11 is 0. The van der Waals surface area contributed by atoms with Crippen LogP contribution in [0.2, 0.25) is 0 Å². The third-order valence-corrected chi connectivity index (χ3v) is 3.64. The Balaban J connectivity index is 2.22. The molecule has 1 N–H and O–H groups in total. The van der Waals surface area contributed by atoms with Crippen LogP contribution in [0.15, 0.2) is 30.3 Å². The number of methoxy groups -OCH3 is 5. The molecule has 0 bridgehead atoms. The third-order valence-electron chi connectivity index (χ3n) is 3.64. The summed E-state index contributed by atoms with van der Waals surface area (Å²) < 4.78 is 26.2. The molecule has 0 aliphatic rings. The summed E-state index contributed by atoms with van der Waals surface area (Å²) in [5, 5.41) is 2.71. The smallest absolute Gasteiger partial charge is 0.248 e. The van der Waals surface area contributed by atoms with Crippen LogP contribution in [0.5, 0.6) is 29.0 Å². The van der Waals surface area contributed by atoms with Gasteiger partial charge in [-0.05, 0) is 24.3 Å². The van der Waals surface area contributed by atoms with Crippen LogP contribution in [0.4, 0.5) is 5.69 Å². The van der Waals surface area contributed by atoms with Gasteiger partial charge in [-0.25, -0.2) is 0 Å². The second-order valence-electron chi connectivity index (χ2n) is 5.16. The van der Waals surface area contributed by atoms with E-state index in [1.807, 2.05) is 0 Å². The van der Waals surface area contributed by atoms with E-state index in [2.05, 4.69) is 10.3 Å². The van der Waals surface area contributed by atoms with E-state index in [4.69, 9.17) is 23.7 Å². The van der Waals surface area contributed by atoms with E-state index in [9.17, 15) is 4.79 Å². The number of hydrogen-bond acceptors (Lipinski definition) is 7. The van der Waals surface area contributed by atoms with Gasteiger partial charge in [-0.3, -0.25) is 4.79 Å². The van der Waals surface area contributed by atoms with Gasteiger partial charge in [-0.2, -0.15) is 4.98 Å². The summed E-state index contributed by atoms with van der Waals surface area (Å²) in [6, 6.07) is 6.77. The molecule has 1 aromatic carbocycles. The molecule has 2 aromatic rings. The molecule has 0 atom stereocenters. The second-order valence-corrected chi connectivity index (χ2v) is 5.16. The summed E-state index contributed by atoms with van der Waals surface area (Å²) in [5.41, 5.74) is 1.08. The van der Waals surface area contributed by atoms with Crippen molar-refractivity contribution in [1.82, 2.24) is 4.98 Å². The normalized spacial score (nSPS) is 10.4. The van der Waals surface area contributed by atoms with Gasteiger partial charge in [-0.1, -0.05) is 0 Å². The molecule has 27 heavy (non-hydrogen) atoms. The summed E-state index contributed by atoms with van der Waals surface area (Å²) in [6.45, 7) is 0. The van der Waals surface area contributed by atoms with Gasteiger partial charge in [0.2, 0.25) is 23.4 Å². The van der Waals surface area contributed by atoms with Crippen LogP contribution in [-0.2, 0) is 4.79 Å². The first-order valence-corrected chi connectivity index (χ1v) is 7.95. The number of amides is 1. The van der Waals surface area contributed by atoms with Gasteiger partial charge >= 0.3 is 0 Å². The summed E-state index contributed by atoms with van der Waals surface area (Å²) in [5.74, 6) is 1.71.